The fourth-order valence-corrected chi connectivity index (χ4v) is 5.07. The smallest absolute Gasteiger partial charge is 0.242 e. The number of sulfonamides is 1. The van der Waals surface area contributed by atoms with Gasteiger partial charge < -0.3 is 5.32 Å². The predicted molar refractivity (Wildman–Crippen MR) is 87.2 cm³/mol. The Balaban J connectivity index is 2.05. The molecule has 0 radical (unpaired) electrons. The zero-order valence-electron chi connectivity index (χ0n) is 12.0. The van der Waals surface area contributed by atoms with Gasteiger partial charge in [0.05, 0.1) is 10.4 Å². The van der Waals surface area contributed by atoms with Crippen molar-refractivity contribution in [2.75, 3.05) is 6.54 Å². The normalized spacial score (nSPS) is 11.9. The molecule has 0 spiro atoms. The summed E-state index contributed by atoms with van der Waals surface area (Å²) in [5, 5.41) is 3.29. The van der Waals surface area contributed by atoms with Crippen LogP contribution in [0.5, 0.6) is 0 Å². The summed E-state index contributed by atoms with van der Waals surface area (Å²) in [6, 6.07) is 1.76. The van der Waals surface area contributed by atoms with Gasteiger partial charge in [-0.15, -0.1) is 22.7 Å². The largest absolute Gasteiger partial charge is 0.312 e. The summed E-state index contributed by atoms with van der Waals surface area (Å²) in [5.41, 5.74) is 1.69. The van der Waals surface area contributed by atoms with Gasteiger partial charge in [-0.05, 0) is 26.0 Å². The molecule has 0 aromatic carbocycles. The van der Waals surface area contributed by atoms with E-state index in [0.29, 0.717) is 11.4 Å². The second-order valence-electron chi connectivity index (χ2n) is 4.60. The van der Waals surface area contributed by atoms with Crippen LogP contribution in [0.3, 0.4) is 0 Å². The van der Waals surface area contributed by atoms with Crippen molar-refractivity contribution >= 4 is 32.7 Å². The molecule has 116 valence electrons. The van der Waals surface area contributed by atoms with Crippen molar-refractivity contribution < 1.29 is 8.42 Å². The summed E-state index contributed by atoms with van der Waals surface area (Å²) in [5.74, 6) is 0. The number of nitrogens with zero attached hydrogens (tertiary/aromatic N) is 1. The lowest BCUT2D eigenvalue weighted by Gasteiger charge is -2.04. The maximum Gasteiger partial charge on any atom is 0.242 e. The molecule has 0 saturated heterocycles. The summed E-state index contributed by atoms with van der Waals surface area (Å²) < 4.78 is 27.3. The fraction of sp³-hybridized carbons (Fsp3) is 0.462. The summed E-state index contributed by atoms with van der Waals surface area (Å²) in [4.78, 5) is 7.08. The maximum absolute atomic E-state index is 12.4. The molecule has 0 aliphatic carbocycles. The van der Waals surface area contributed by atoms with E-state index in [1.807, 2.05) is 6.92 Å². The fourth-order valence-electron chi connectivity index (χ4n) is 1.84. The van der Waals surface area contributed by atoms with Gasteiger partial charge in [-0.2, -0.15) is 0 Å². The Bertz CT molecular complexity index is 663. The van der Waals surface area contributed by atoms with Crippen LogP contribution in [0.4, 0.5) is 0 Å². The molecular weight excluding hydrogens is 326 g/mol. The van der Waals surface area contributed by atoms with Crippen molar-refractivity contribution in [3.63, 3.8) is 0 Å². The quantitative estimate of drug-likeness (QED) is 0.721. The van der Waals surface area contributed by atoms with Gasteiger partial charge >= 0.3 is 0 Å². The Hall–Kier alpha value is -0.800. The molecule has 8 heteroatoms. The van der Waals surface area contributed by atoms with Gasteiger partial charge in [0.15, 0.2) is 0 Å². The molecule has 0 fully saturated rings. The van der Waals surface area contributed by atoms with Crippen LogP contribution in [0.2, 0.25) is 0 Å². The Morgan fingerprint density at radius 3 is 2.76 bits per heavy atom. The lowest BCUT2D eigenvalue weighted by molar-refractivity contribution is 0.581. The Morgan fingerprint density at radius 2 is 2.10 bits per heavy atom. The van der Waals surface area contributed by atoms with Crippen molar-refractivity contribution in [2.45, 2.75) is 38.3 Å². The van der Waals surface area contributed by atoms with Crippen molar-refractivity contribution in [1.29, 1.82) is 0 Å². The second-order valence-corrected chi connectivity index (χ2v) is 8.65. The summed E-state index contributed by atoms with van der Waals surface area (Å²) in [6.07, 6.45) is 2.74. The van der Waals surface area contributed by atoms with Crippen LogP contribution in [0, 0.1) is 6.92 Å². The number of aromatic nitrogens is 1. The number of nitrogens with one attached hydrogen (secondary N) is 2. The summed E-state index contributed by atoms with van der Waals surface area (Å²) in [7, 11) is -3.47. The zero-order valence-corrected chi connectivity index (χ0v) is 14.5. The molecule has 5 nitrogen and oxygen atoms in total. The van der Waals surface area contributed by atoms with Gasteiger partial charge in [0.2, 0.25) is 10.0 Å². The SMILES string of the molecule is CCCNCc1cc(S(=O)(=O)NCc2cncs2)c(C)s1. The molecule has 0 amide bonds. The predicted octanol–water partition coefficient (Wildman–Crippen LogP) is 2.49. The second kappa shape index (κ2) is 7.46. The Kier molecular flexibility index (Phi) is 5.88. The number of rotatable bonds is 8. The first-order valence-corrected chi connectivity index (χ1v) is 9.88. The van der Waals surface area contributed by atoms with Crippen LogP contribution in [0.1, 0.15) is 28.0 Å². The standard InChI is InChI=1S/C13H19N3O2S3/c1-3-4-14-6-11-5-13(10(2)20-11)21(17,18)16-8-12-7-15-9-19-12/h5,7,9,14,16H,3-4,6,8H2,1-2H3. The van der Waals surface area contributed by atoms with E-state index in [1.165, 1.54) is 22.7 Å². The molecule has 0 bridgehead atoms. The van der Waals surface area contributed by atoms with Gasteiger partial charge in [-0.25, -0.2) is 13.1 Å². The number of thiazole rings is 1. The molecule has 0 unspecified atom stereocenters. The first-order chi connectivity index (χ1) is 10.0. The first kappa shape index (κ1) is 16.6. The van der Waals surface area contributed by atoms with E-state index in [0.717, 1.165) is 27.6 Å². The highest BCUT2D eigenvalue weighted by atomic mass is 32.2. The van der Waals surface area contributed by atoms with Gasteiger partial charge in [0.1, 0.15) is 0 Å². The van der Waals surface area contributed by atoms with E-state index in [1.54, 1.807) is 17.8 Å². The topological polar surface area (TPSA) is 71.1 Å². The lowest BCUT2D eigenvalue weighted by atomic mass is 10.4. The number of thiophene rings is 1. The third kappa shape index (κ3) is 4.58. The zero-order chi connectivity index (χ0) is 15.3. The van der Waals surface area contributed by atoms with Crippen LogP contribution in [0.15, 0.2) is 22.7 Å². The molecule has 21 heavy (non-hydrogen) atoms. The van der Waals surface area contributed by atoms with Gasteiger partial charge in [-0.1, -0.05) is 6.92 Å². The van der Waals surface area contributed by atoms with E-state index in [2.05, 4.69) is 21.9 Å². The van der Waals surface area contributed by atoms with Crippen LogP contribution >= 0.6 is 22.7 Å². The van der Waals surface area contributed by atoms with E-state index >= 15 is 0 Å². The molecule has 2 aromatic heterocycles. The van der Waals surface area contributed by atoms with Crippen LogP contribution in [0.25, 0.3) is 0 Å². The molecule has 0 aliphatic heterocycles. The van der Waals surface area contributed by atoms with E-state index in [-0.39, 0.29) is 6.54 Å². The van der Waals surface area contributed by atoms with Crippen molar-refractivity contribution in [1.82, 2.24) is 15.0 Å². The highest BCUT2D eigenvalue weighted by molar-refractivity contribution is 7.89. The first-order valence-electron chi connectivity index (χ1n) is 6.70. The van der Waals surface area contributed by atoms with E-state index in [4.69, 9.17) is 0 Å². The maximum atomic E-state index is 12.4. The van der Waals surface area contributed by atoms with Gasteiger partial charge in [-0.3, -0.25) is 4.98 Å². The molecule has 0 aliphatic rings. The Labute approximate surface area is 133 Å². The molecule has 2 aromatic rings. The molecule has 0 atom stereocenters. The van der Waals surface area contributed by atoms with Gasteiger partial charge in [0.25, 0.3) is 0 Å². The van der Waals surface area contributed by atoms with E-state index < -0.39 is 10.0 Å². The Morgan fingerprint density at radius 1 is 1.29 bits per heavy atom. The average Bonchev–Trinajstić information content (AvgIpc) is 3.07. The third-order valence-electron chi connectivity index (χ3n) is 2.86. The van der Waals surface area contributed by atoms with Crippen LogP contribution in [-0.4, -0.2) is 19.9 Å². The summed E-state index contributed by atoms with van der Waals surface area (Å²) in [6.45, 7) is 5.87. The highest BCUT2D eigenvalue weighted by Gasteiger charge is 2.19. The van der Waals surface area contributed by atoms with Gasteiger partial charge in [0, 0.05) is 33.9 Å². The third-order valence-corrected chi connectivity index (χ3v) is 6.35. The number of hydrogen-bond acceptors (Lipinski definition) is 6. The molecular formula is C13H19N3O2S3. The monoisotopic (exact) mass is 345 g/mol. The number of hydrogen-bond donors (Lipinski definition) is 2. The minimum Gasteiger partial charge on any atom is -0.312 e. The van der Waals surface area contributed by atoms with Crippen molar-refractivity contribution in [3.8, 4) is 0 Å². The molecule has 0 saturated carbocycles. The minimum absolute atomic E-state index is 0.283. The average molecular weight is 346 g/mol. The van der Waals surface area contributed by atoms with Crippen molar-refractivity contribution in [3.05, 3.63) is 32.4 Å². The highest BCUT2D eigenvalue weighted by Crippen LogP contribution is 2.25. The molecule has 2 N–H and O–H groups in total. The number of aryl methyl sites for hydroxylation is 1. The summed E-state index contributed by atoms with van der Waals surface area (Å²) >= 11 is 2.96. The van der Waals surface area contributed by atoms with E-state index in [9.17, 15) is 8.42 Å². The molecule has 2 rings (SSSR count). The molecule has 2 heterocycles. The minimum atomic E-state index is -3.47. The lowest BCUT2D eigenvalue weighted by Crippen LogP contribution is -2.23. The van der Waals surface area contributed by atoms with Crippen LogP contribution in [-0.2, 0) is 23.1 Å². The van der Waals surface area contributed by atoms with Crippen molar-refractivity contribution in [2.24, 2.45) is 0 Å². The van der Waals surface area contributed by atoms with Crippen LogP contribution < -0.4 is 10.0 Å².